The molecule has 1 amide bonds. The summed E-state index contributed by atoms with van der Waals surface area (Å²) in [4.78, 5) is 12.4. The lowest BCUT2D eigenvalue weighted by Gasteiger charge is -2.18. The summed E-state index contributed by atoms with van der Waals surface area (Å²) in [5, 5.41) is 6.40. The molecule has 0 bridgehead atoms. The Kier molecular flexibility index (Phi) is 4.70. The van der Waals surface area contributed by atoms with E-state index in [4.69, 9.17) is 4.74 Å². The highest BCUT2D eigenvalue weighted by atomic mass is 16.5. The number of rotatable bonds is 4. The molecule has 0 aliphatic carbocycles. The molecule has 2 heterocycles. The van der Waals surface area contributed by atoms with Crippen molar-refractivity contribution in [3.05, 3.63) is 64.7 Å². The molecule has 25 heavy (non-hydrogen) atoms. The molecule has 1 saturated heterocycles. The lowest BCUT2D eigenvalue weighted by atomic mass is 9.97. The van der Waals surface area contributed by atoms with E-state index >= 15 is 0 Å². The highest BCUT2D eigenvalue weighted by molar-refractivity contribution is 5.94. The van der Waals surface area contributed by atoms with Gasteiger partial charge in [-0.3, -0.25) is 4.79 Å². The van der Waals surface area contributed by atoms with Crippen LogP contribution < -0.4 is 15.4 Å². The molecule has 1 fully saturated rings. The second-order valence-corrected chi connectivity index (χ2v) is 6.89. The highest BCUT2D eigenvalue weighted by Crippen LogP contribution is 2.25. The zero-order valence-corrected chi connectivity index (χ0v) is 14.4. The molecule has 0 aromatic heterocycles. The van der Waals surface area contributed by atoms with Crippen LogP contribution in [0.4, 0.5) is 0 Å². The van der Waals surface area contributed by atoms with Crippen LogP contribution in [-0.2, 0) is 13.0 Å². The van der Waals surface area contributed by atoms with Gasteiger partial charge >= 0.3 is 0 Å². The van der Waals surface area contributed by atoms with E-state index in [-0.39, 0.29) is 5.91 Å². The lowest BCUT2D eigenvalue weighted by molar-refractivity contribution is 0.0951. The average molecular weight is 336 g/mol. The van der Waals surface area contributed by atoms with Crippen LogP contribution in [0.5, 0.6) is 5.75 Å². The normalized spacial score (nSPS) is 19.1. The molecule has 130 valence electrons. The van der Waals surface area contributed by atoms with Gasteiger partial charge in [-0.2, -0.15) is 0 Å². The second-order valence-electron chi connectivity index (χ2n) is 6.89. The molecule has 2 aliphatic rings. The van der Waals surface area contributed by atoms with Crippen molar-refractivity contribution < 1.29 is 9.53 Å². The van der Waals surface area contributed by atoms with E-state index in [9.17, 15) is 4.79 Å². The first-order valence-electron chi connectivity index (χ1n) is 9.13. The van der Waals surface area contributed by atoms with Gasteiger partial charge < -0.3 is 15.4 Å². The van der Waals surface area contributed by atoms with Crippen molar-refractivity contribution in [3.8, 4) is 5.75 Å². The zero-order chi connectivity index (χ0) is 17.1. The first-order valence-corrected chi connectivity index (χ1v) is 9.13. The van der Waals surface area contributed by atoms with Crippen LogP contribution in [0.25, 0.3) is 0 Å². The maximum absolute atomic E-state index is 12.4. The molecule has 2 aliphatic heterocycles. The topological polar surface area (TPSA) is 50.4 Å². The number of aryl methyl sites for hydroxylation is 1. The van der Waals surface area contributed by atoms with Gasteiger partial charge in [-0.1, -0.05) is 24.3 Å². The van der Waals surface area contributed by atoms with Crippen molar-refractivity contribution in [2.24, 2.45) is 0 Å². The first kappa shape index (κ1) is 16.2. The minimum atomic E-state index is -0.0231. The Hall–Kier alpha value is -2.33. The van der Waals surface area contributed by atoms with Crippen molar-refractivity contribution in [2.75, 3.05) is 19.7 Å². The molecular weight excluding hydrogens is 312 g/mol. The Bertz CT molecular complexity index is 749. The van der Waals surface area contributed by atoms with Crippen molar-refractivity contribution in [2.45, 2.75) is 31.7 Å². The third-order valence-electron chi connectivity index (χ3n) is 5.13. The van der Waals surface area contributed by atoms with Crippen molar-refractivity contribution in [1.29, 1.82) is 0 Å². The Morgan fingerprint density at radius 3 is 2.88 bits per heavy atom. The molecule has 4 nitrogen and oxygen atoms in total. The number of hydrogen-bond donors (Lipinski definition) is 2. The van der Waals surface area contributed by atoms with E-state index in [1.165, 1.54) is 17.5 Å². The summed E-state index contributed by atoms with van der Waals surface area (Å²) in [6.07, 6.45) is 3.29. The number of amides is 1. The summed E-state index contributed by atoms with van der Waals surface area (Å²) < 4.78 is 5.63. The van der Waals surface area contributed by atoms with E-state index in [2.05, 4.69) is 28.8 Å². The minimum Gasteiger partial charge on any atom is -0.493 e. The van der Waals surface area contributed by atoms with Crippen LogP contribution in [0.15, 0.2) is 42.5 Å². The molecule has 0 radical (unpaired) electrons. The summed E-state index contributed by atoms with van der Waals surface area (Å²) in [7, 11) is 0. The van der Waals surface area contributed by atoms with E-state index in [0.29, 0.717) is 12.5 Å². The first-order chi connectivity index (χ1) is 12.3. The number of carbonyl (C=O) groups is 1. The van der Waals surface area contributed by atoms with Gasteiger partial charge in [0.05, 0.1) is 6.61 Å². The largest absolute Gasteiger partial charge is 0.493 e. The molecule has 2 aromatic rings. The fourth-order valence-corrected chi connectivity index (χ4v) is 3.65. The van der Waals surface area contributed by atoms with Gasteiger partial charge in [0.25, 0.3) is 5.91 Å². The Balaban J connectivity index is 1.37. The van der Waals surface area contributed by atoms with Gasteiger partial charge in [0.1, 0.15) is 5.75 Å². The molecule has 2 aromatic carbocycles. The predicted octanol–water partition coefficient (Wildman–Crippen LogP) is 3.02. The lowest BCUT2D eigenvalue weighted by Crippen LogP contribution is -2.23. The molecule has 1 atom stereocenters. The van der Waals surface area contributed by atoms with Crippen molar-refractivity contribution >= 4 is 5.91 Å². The van der Waals surface area contributed by atoms with Crippen LogP contribution in [-0.4, -0.2) is 25.6 Å². The third-order valence-corrected chi connectivity index (χ3v) is 5.13. The van der Waals surface area contributed by atoms with Crippen LogP contribution in [0.3, 0.4) is 0 Å². The maximum Gasteiger partial charge on any atom is 0.251 e. The molecule has 4 rings (SSSR count). The smallest absolute Gasteiger partial charge is 0.251 e. The van der Waals surface area contributed by atoms with Gasteiger partial charge in [0.2, 0.25) is 0 Å². The zero-order valence-electron chi connectivity index (χ0n) is 14.4. The monoisotopic (exact) mass is 336 g/mol. The SMILES string of the molecule is O=C(NCc1ccc2c(c1)CCCO2)c1ccc([C@@H]2CCNC2)cc1. The Morgan fingerprint density at radius 1 is 1.20 bits per heavy atom. The maximum atomic E-state index is 12.4. The Morgan fingerprint density at radius 2 is 2.08 bits per heavy atom. The number of ether oxygens (including phenoxy) is 1. The Labute approximate surface area is 148 Å². The second kappa shape index (κ2) is 7.28. The van der Waals surface area contributed by atoms with Gasteiger partial charge in [0, 0.05) is 18.7 Å². The number of carbonyl (C=O) groups excluding carboxylic acids is 1. The molecule has 0 spiro atoms. The van der Waals surface area contributed by atoms with Crippen LogP contribution in [0, 0.1) is 0 Å². The summed E-state index contributed by atoms with van der Waals surface area (Å²) in [5.41, 5.74) is 4.39. The van der Waals surface area contributed by atoms with E-state index < -0.39 is 0 Å². The summed E-state index contributed by atoms with van der Waals surface area (Å²) in [6, 6.07) is 14.2. The molecule has 4 heteroatoms. The summed E-state index contributed by atoms with van der Waals surface area (Å²) in [6.45, 7) is 3.46. The van der Waals surface area contributed by atoms with Crippen LogP contribution in [0.1, 0.15) is 45.8 Å². The van der Waals surface area contributed by atoms with E-state index in [1.54, 1.807) is 0 Å². The third kappa shape index (κ3) is 3.69. The van der Waals surface area contributed by atoms with E-state index in [1.807, 2.05) is 24.3 Å². The average Bonchev–Trinajstić information content (AvgIpc) is 3.21. The predicted molar refractivity (Wildman–Crippen MR) is 98.1 cm³/mol. The van der Waals surface area contributed by atoms with Gasteiger partial charge in [-0.15, -0.1) is 0 Å². The standard InChI is InChI=1S/C21H24N2O2/c24-21(17-6-4-16(5-7-17)19-9-10-22-14-19)23-13-15-3-8-20-18(12-15)2-1-11-25-20/h3-8,12,19,22H,1-2,9-11,13-14H2,(H,23,24)/t19-/m1/s1. The van der Waals surface area contributed by atoms with Crippen molar-refractivity contribution in [1.82, 2.24) is 10.6 Å². The highest BCUT2D eigenvalue weighted by Gasteiger charge is 2.17. The van der Waals surface area contributed by atoms with Crippen LogP contribution in [0.2, 0.25) is 0 Å². The number of hydrogen-bond acceptors (Lipinski definition) is 3. The number of nitrogens with one attached hydrogen (secondary N) is 2. The van der Waals surface area contributed by atoms with Gasteiger partial charge in [-0.25, -0.2) is 0 Å². The molecule has 0 unspecified atom stereocenters. The number of benzene rings is 2. The summed E-state index contributed by atoms with van der Waals surface area (Å²) >= 11 is 0. The molecule has 2 N–H and O–H groups in total. The van der Waals surface area contributed by atoms with Crippen molar-refractivity contribution in [3.63, 3.8) is 0 Å². The molecular formula is C21H24N2O2. The number of fused-ring (bicyclic) bond motifs is 1. The van der Waals surface area contributed by atoms with E-state index in [0.717, 1.165) is 49.4 Å². The molecule has 0 saturated carbocycles. The van der Waals surface area contributed by atoms with Crippen LogP contribution >= 0.6 is 0 Å². The fourth-order valence-electron chi connectivity index (χ4n) is 3.65. The quantitative estimate of drug-likeness (QED) is 0.902. The minimum absolute atomic E-state index is 0.0231. The summed E-state index contributed by atoms with van der Waals surface area (Å²) in [5.74, 6) is 1.54. The fraction of sp³-hybridized carbons (Fsp3) is 0.381. The van der Waals surface area contributed by atoms with Gasteiger partial charge in [-0.05, 0) is 66.6 Å². The van der Waals surface area contributed by atoms with Gasteiger partial charge in [0.15, 0.2) is 0 Å².